The van der Waals surface area contributed by atoms with Crippen molar-refractivity contribution in [3.8, 4) is 23.3 Å². The fourth-order valence-corrected chi connectivity index (χ4v) is 6.51. The lowest BCUT2D eigenvalue weighted by molar-refractivity contribution is 0.0224. The number of aldehydes is 1. The zero-order valence-corrected chi connectivity index (χ0v) is 27.2. The predicted octanol–water partition coefficient (Wildman–Crippen LogP) is 6.33. The van der Waals surface area contributed by atoms with E-state index in [0.717, 1.165) is 57.7 Å². The molecule has 7 rings (SSSR count). The van der Waals surface area contributed by atoms with E-state index in [1.165, 1.54) is 11.3 Å². The summed E-state index contributed by atoms with van der Waals surface area (Å²) >= 11 is 1.39. The summed E-state index contributed by atoms with van der Waals surface area (Å²) in [5.41, 5.74) is 4.56. The van der Waals surface area contributed by atoms with Gasteiger partial charge >= 0.3 is 5.97 Å². The molecule has 1 spiro atoms. The van der Waals surface area contributed by atoms with Crippen LogP contribution in [-0.2, 0) is 10.3 Å². The number of thiazole rings is 1. The number of nitrogens with zero attached hydrogens (tertiary/aromatic N) is 3. The van der Waals surface area contributed by atoms with E-state index in [4.69, 9.17) is 19.5 Å². The number of rotatable bonds is 8. The second-order valence-electron chi connectivity index (χ2n) is 11.2. The van der Waals surface area contributed by atoms with Crippen molar-refractivity contribution in [2.24, 2.45) is 0 Å². The van der Waals surface area contributed by atoms with E-state index in [9.17, 15) is 9.59 Å². The molecule has 0 aliphatic carbocycles. The minimum atomic E-state index is -1.18. The van der Waals surface area contributed by atoms with Gasteiger partial charge in [-0.05, 0) is 74.6 Å². The van der Waals surface area contributed by atoms with Gasteiger partial charge in [0.1, 0.15) is 29.6 Å². The molecule has 1 aromatic heterocycles. The Bertz CT molecular complexity index is 2030. The zero-order chi connectivity index (χ0) is 33.1. The smallest absolute Gasteiger partial charge is 0.340 e. The van der Waals surface area contributed by atoms with Crippen molar-refractivity contribution in [1.29, 1.82) is 5.26 Å². The molecule has 0 saturated heterocycles. The largest absolute Gasteiger partial charge is 0.493 e. The van der Waals surface area contributed by atoms with Crippen molar-refractivity contribution in [3.05, 3.63) is 106 Å². The molecule has 5 aromatic rings. The van der Waals surface area contributed by atoms with Crippen LogP contribution in [0.25, 0.3) is 10.2 Å². The number of anilines is 2. The summed E-state index contributed by atoms with van der Waals surface area (Å²) in [5.74, 6) is 1.62. The van der Waals surface area contributed by atoms with Gasteiger partial charge in [0.15, 0.2) is 10.6 Å². The molecule has 11 heteroatoms. The first-order valence-corrected chi connectivity index (χ1v) is 15.9. The Morgan fingerprint density at radius 2 is 1.79 bits per heavy atom. The third kappa shape index (κ3) is 5.85. The summed E-state index contributed by atoms with van der Waals surface area (Å²) in [4.78, 5) is 30.5. The lowest BCUT2D eigenvalue weighted by Gasteiger charge is -2.37. The molecule has 0 amide bonds. The third-order valence-electron chi connectivity index (χ3n) is 8.05. The Labute approximate surface area is 276 Å². The second kappa shape index (κ2) is 13.1. The van der Waals surface area contributed by atoms with Crippen LogP contribution >= 0.6 is 11.3 Å². The average molecular weight is 648 g/mol. The van der Waals surface area contributed by atoms with Crippen LogP contribution in [0.1, 0.15) is 48.8 Å². The molecule has 3 heterocycles. The molecular weight excluding hydrogens is 614 g/mol. The Hall–Kier alpha value is -5.44. The number of carbonyl (C=O) groups is 2. The number of ether oxygens (including phenoxy) is 3. The highest BCUT2D eigenvalue weighted by Gasteiger charge is 2.53. The number of hydrogen-bond donors (Lipinski definition) is 2. The summed E-state index contributed by atoms with van der Waals surface area (Å²) in [6.07, 6.45) is 1.75. The molecule has 2 N–H and O–H groups in total. The monoisotopic (exact) mass is 647 g/mol. The van der Waals surface area contributed by atoms with Crippen LogP contribution < -0.4 is 25.0 Å². The minimum absolute atomic E-state index is 0.421. The van der Waals surface area contributed by atoms with Crippen LogP contribution in [0.3, 0.4) is 0 Å². The fraction of sp³-hybridized carbons (Fsp3) is 0.222. The molecule has 2 aliphatic rings. The highest BCUT2D eigenvalue weighted by molar-refractivity contribution is 7.19. The molecule has 0 saturated carbocycles. The first kappa shape index (κ1) is 31.5. The number of fused-ring (bicyclic) bond motifs is 7. The zero-order valence-electron chi connectivity index (χ0n) is 26.4. The predicted molar refractivity (Wildman–Crippen MR) is 182 cm³/mol. The fourth-order valence-electron chi connectivity index (χ4n) is 5.72. The van der Waals surface area contributed by atoms with Crippen LogP contribution in [0.4, 0.5) is 11.4 Å². The number of esters is 1. The van der Waals surface area contributed by atoms with Gasteiger partial charge in [-0.15, -0.1) is 11.3 Å². The minimum Gasteiger partial charge on any atom is -0.493 e. The van der Waals surface area contributed by atoms with Crippen molar-refractivity contribution < 1.29 is 23.8 Å². The molecule has 0 radical (unpaired) electrons. The lowest BCUT2D eigenvalue weighted by atomic mass is 9.77. The molecular formula is C36H33N5O5S. The van der Waals surface area contributed by atoms with Gasteiger partial charge in [0.25, 0.3) is 0 Å². The van der Waals surface area contributed by atoms with E-state index in [0.29, 0.717) is 39.8 Å². The van der Waals surface area contributed by atoms with Gasteiger partial charge in [-0.2, -0.15) is 5.26 Å². The van der Waals surface area contributed by atoms with Crippen LogP contribution in [-0.4, -0.2) is 58.6 Å². The number of aromatic nitrogens is 1. The SMILES string of the molecule is CNCCCOc1ccc2nc(C#N)sc2c1.CNc1ccc2c(c1)Oc1cc(N(C)C)ccc1C21OC(=O)c2ccc(C=O)cc21. The van der Waals surface area contributed by atoms with Crippen molar-refractivity contribution in [1.82, 2.24) is 10.3 Å². The van der Waals surface area contributed by atoms with Crippen LogP contribution in [0.5, 0.6) is 17.2 Å². The van der Waals surface area contributed by atoms with Gasteiger partial charge in [0.2, 0.25) is 0 Å². The number of benzene rings is 4. The van der Waals surface area contributed by atoms with Crippen molar-refractivity contribution in [2.75, 3.05) is 51.6 Å². The van der Waals surface area contributed by atoms with E-state index < -0.39 is 11.6 Å². The normalized spacial score (nSPS) is 15.3. The molecule has 10 nitrogen and oxygen atoms in total. The highest BCUT2D eigenvalue weighted by atomic mass is 32.1. The van der Waals surface area contributed by atoms with Crippen molar-refractivity contribution in [2.45, 2.75) is 12.0 Å². The maximum absolute atomic E-state index is 12.9. The number of carbonyl (C=O) groups excluding carboxylic acids is 2. The van der Waals surface area contributed by atoms with Gasteiger partial charge in [-0.25, -0.2) is 9.78 Å². The van der Waals surface area contributed by atoms with Crippen LogP contribution in [0, 0.1) is 11.3 Å². The average Bonchev–Trinajstić information content (AvgIpc) is 3.64. The molecule has 47 heavy (non-hydrogen) atoms. The summed E-state index contributed by atoms with van der Waals surface area (Å²) < 4.78 is 19.0. The van der Waals surface area contributed by atoms with Gasteiger partial charge in [0, 0.05) is 66.9 Å². The van der Waals surface area contributed by atoms with Crippen LogP contribution in [0.2, 0.25) is 0 Å². The van der Waals surface area contributed by atoms with E-state index in [1.807, 2.05) is 87.7 Å². The van der Waals surface area contributed by atoms with Gasteiger partial charge in [-0.1, -0.05) is 6.07 Å². The Kier molecular flexibility index (Phi) is 8.80. The van der Waals surface area contributed by atoms with E-state index in [-0.39, 0.29) is 0 Å². The molecule has 1 atom stereocenters. The van der Waals surface area contributed by atoms with Gasteiger partial charge < -0.3 is 29.7 Å². The quantitative estimate of drug-likeness (QED) is 0.112. The molecule has 0 fully saturated rings. The Balaban J connectivity index is 0.000000193. The van der Waals surface area contributed by atoms with E-state index >= 15 is 0 Å². The standard InChI is InChI=1S/C24H20N2O4.C12H13N3OS/c1-25-15-5-8-18-21(11-15)29-22-12-16(26(2)3)6-9-19(22)24(18)20-10-14(13-27)4-7-17(20)23(28)30-24;1-14-5-2-6-16-9-3-4-10-11(7-9)17-12(8-13)15-10/h4-13,25H,1-3H3;3-4,7,14H,2,5-6H2,1H3. The Morgan fingerprint density at radius 3 is 2.51 bits per heavy atom. The van der Waals surface area contributed by atoms with Crippen molar-refractivity contribution in [3.63, 3.8) is 0 Å². The lowest BCUT2D eigenvalue weighted by Crippen LogP contribution is -2.33. The van der Waals surface area contributed by atoms with Gasteiger partial charge in [0.05, 0.1) is 22.4 Å². The maximum Gasteiger partial charge on any atom is 0.340 e. The number of nitrogens with one attached hydrogen (secondary N) is 2. The maximum atomic E-state index is 12.9. The molecule has 4 aromatic carbocycles. The summed E-state index contributed by atoms with van der Waals surface area (Å²) in [5, 5.41) is 15.4. The molecule has 0 bridgehead atoms. The summed E-state index contributed by atoms with van der Waals surface area (Å²) in [6, 6.07) is 24.3. The number of hydrogen-bond acceptors (Lipinski definition) is 11. The van der Waals surface area contributed by atoms with E-state index in [2.05, 4.69) is 21.7 Å². The van der Waals surface area contributed by atoms with Crippen molar-refractivity contribution >= 4 is 45.2 Å². The molecule has 1 unspecified atom stereocenters. The Morgan fingerprint density at radius 1 is 1.00 bits per heavy atom. The first-order chi connectivity index (χ1) is 22.8. The number of nitriles is 1. The van der Waals surface area contributed by atoms with Crippen LogP contribution in [0.15, 0.2) is 72.8 Å². The molecule has 2 aliphatic heterocycles. The molecule has 238 valence electrons. The van der Waals surface area contributed by atoms with Gasteiger partial charge in [-0.3, -0.25) is 4.79 Å². The second-order valence-corrected chi connectivity index (χ2v) is 12.2. The highest BCUT2D eigenvalue weighted by Crippen LogP contribution is 2.57. The summed E-state index contributed by atoms with van der Waals surface area (Å²) in [6.45, 7) is 1.64. The van der Waals surface area contributed by atoms with E-state index in [1.54, 1.807) is 18.2 Å². The first-order valence-electron chi connectivity index (χ1n) is 15.0. The topological polar surface area (TPSA) is 126 Å². The summed E-state index contributed by atoms with van der Waals surface area (Å²) in [7, 11) is 7.66. The third-order valence-corrected chi connectivity index (χ3v) is 8.97.